The summed E-state index contributed by atoms with van der Waals surface area (Å²) in [6.07, 6.45) is 4.34. The summed E-state index contributed by atoms with van der Waals surface area (Å²) in [5.74, 6) is 0. The van der Waals surface area contributed by atoms with Gasteiger partial charge < -0.3 is 4.74 Å². The molecule has 1 rings (SSSR count). The molecule has 0 radical (unpaired) electrons. The van der Waals surface area contributed by atoms with Gasteiger partial charge >= 0.3 is 0 Å². The van der Waals surface area contributed by atoms with Crippen molar-refractivity contribution >= 4 is 7.28 Å². The molecule has 0 aliphatic carbocycles. The van der Waals surface area contributed by atoms with Gasteiger partial charge in [-0.15, -0.1) is 6.58 Å². The molecule has 1 atom stereocenters. The number of rotatable bonds is 4. The van der Waals surface area contributed by atoms with Crippen LogP contribution < -0.4 is 0 Å². The van der Waals surface area contributed by atoms with Gasteiger partial charge in [-0.05, 0) is 6.42 Å². The van der Waals surface area contributed by atoms with E-state index in [4.69, 9.17) is 4.74 Å². The van der Waals surface area contributed by atoms with E-state index in [-0.39, 0.29) is 0 Å². The largest absolute Gasteiger partial charge is 0.383 e. The van der Waals surface area contributed by atoms with E-state index < -0.39 is 0 Å². The maximum absolute atomic E-state index is 5.02. The lowest BCUT2D eigenvalue weighted by atomic mass is 9.70. The Labute approximate surface area is 51.0 Å². The Kier molecular flexibility index (Phi) is 2.16. The molecule has 1 saturated heterocycles. The van der Waals surface area contributed by atoms with E-state index in [9.17, 15) is 0 Å². The minimum atomic E-state index is 0.606. The highest BCUT2D eigenvalue weighted by atomic mass is 16.6. The van der Waals surface area contributed by atoms with Crippen LogP contribution in [0.15, 0.2) is 12.7 Å². The van der Waals surface area contributed by atoms with Crippen LogP contribution in [0.1, 0.15) is 6.42 Å². The van der Waals surface area contributed by atoms with Crippen LogP contribution in [0.4, 0.5) is 0 Å². The zero-order valence-corrected chi connectivity index (χ0v) is 5.10. The predicted molar refractivity (Wildman–Crippen MR) is 36.5 cm³/mol. The van der Waals surface area contributed by atoms with Crippen molar-refractivity contribution in [3.63, 3.8) is 0 Å². The lowest BCUT2D eigenvalue weighted by Crippen LogP contribution is -1.97. The molecule has 2 heteroatoms. The van der Waals surface area contributed by atoms with Gasteiger partial charge in [0.25, 0.3) is 0 Å². The summed E-state index contributed by atoms with van der Waals surface area (Å²) in [6.45, 7) is 4.63. The van der Waals surface area contributed by atoms with Crippen LogP contribution in [0, 0.1) is 0 Å². The Morgan fingerprint density at radius 1 is 1.88 bits per heavy atom. The second-order valence-corrected chi connectivity index (χ2v) is 2.17. The third-order valence-electron chi connectivity index (χ3n) is 1.34. The molecule has 0 aromatic heterocycles. The average Bonchev–Trinajstić information content (AvgIpc) is 2.51. The zero-order valence-electron chi connectivity index (χ0n) is 5.10. The Morgan fingerprint density at radius 2 is 2.62 bits per heavy atom. The van der Waals surface area contributed by atoms with E-state index in [0.717, 1.165) is 13.0 Å². The van der Waals surface area contributed by atoms with E-state index in [1.54, 1.807) is 0 Å². The monoisotopic (exact) mass is 110 g/mol. The van der Waals surface area contributed by atoms with E-state index in [1.807, 2.05) is 6.08 Å². The van der Waals surface area contributed by atoms with Gasteiger partial charge in [0.15, 0.2) is 7.28 Å². The smallest absolute Gasteiger partial charge is 0.161 e. The van der Waals surface area contributed by atoms with Crippen molar-refractivity contribution in [2.75, 3.05) is 6.61 Å². The second kappa shape index (κ2) is 2.93. The SMILES string of the molecule is C=CCCBC1CO1. The van der Waals surface area contributed by atoms with Gasteiger partial charge in [0.2, 0.25) is 0 Å². The minimum absolute atomic E-state index is 0.606. The lowest BCUT2D eigenvalue weighted by molar-refractivity contribution is 0.454. The molecule has 1 nitrogen and oxygen atoms in total. The molecule has 0 spiro atoms. The molecule has 1 fully saturated rings. The first-order valence-electron chi connectivity index (χ1n) is 3.16. The van der Waals surface area contributed by atoms with Gasteiger partial charge in [0, 0.05) is 0 Å². The second-order valence-electron chi connectivity index (χ2n) is 2.17. The van der Waals surface area contributed by atoms with Crippen molar-refractivity contribution in [2.24, 2.45) is 0 Å². The van der Waals surface area contributed by atoms with Crippen LogP contribution in [0.5, 0.6) is 0 Å². The van der Waals surface area contributed by atoms with Gasteiger partial charge in [0.05, 0.1) is 12.6 Å². The van der Waals surface area contributed by atoms with Crippen molar-refractivity contribution in [3.8, 4) is 0 Å². The molecule has 0 saturated carbocycles. The molecular formula is C6H11BO. The minimum Gasteiger partial charge on any atom is -0.383 e. The fraction of sp³-hybridized carbons (Fsp3) is 0.667. The fourth-order valence-electron chi connectivity index (χ4n) is 0.725. The van der Waals surface area contributed by atoms with E-state index in [2.05, 4.69) is 6.58 Å². The quantitative estimate of drug-likeness (QED) is 0.225. The maximum Gasteiger partial charge on any atom is 0.161 e. The van der Waals surface area contributed by atoms with Crippen molar-refractivity contribution in [3.05, 3.63) is 12.7 Å². The van der Waals surface area contributed by atoms with E-state index in [1.165, 1.54) is 13.6 Å². The topological polar surface area (TPSA) is 12.5 Å². The highest BCUT2D eigenvalue weighted by Crippen LogP contribution is 2.08. The van der Waals surface area contributed by atoms with Gasteiger partial charge in [-0.3, -0.25) is 0 Å². The third-order valence-corrected chi connectivity index (χ3v) is 1.34. The molecule has 1 unspecified atom stereocenters. The Morgan fingerprint density at radius 3 is 3.12 bits per heavy atom. The number of allylic oxidation sites excluding steroid dienone is 1. The molecule has 8 heavy (non-hydrogen) atoms. The Balaban J connectivity index is 1.80. The first kappa shape index (κ1) is 5.89. The van der Waals surface area contributed by atoms with Crippen molar-refractivity contribution < 1.29 is 4.74 Å². The Hall–Kier alpha value is -0.235. The van der Waals surface area contributed by atoms with Crippen molar-refractivity contribution in [2.45, 2.75) is 18.7 Å². The highest BCUT2D eigenvalue weighted by Gasteiger charge is 2.21. The van der Waals surface area contributed by atoms with Gasteiger partial charge in [-0.2, -0.15) is 0 Å². The average molecular weight is 110 g/mol. The summed E-state index contributed by atoms with van der Waals surface area (Å²) in [5, 5.41) is 0. The van der Waals surface area contributed by atoms with Crippen LogP contribution in [0.25, 0.3) is 0 Å². The summed E-state index contributed by atoms with van der Waals surface area (Å²) >= 11 is 0. The molecule has 0 amide bonds. The fourth-order valence-corrected chi connectivity index (χ4v) is 0.725. The van der Waals surface area contributed by atoms with Crippen LogP contribution in [0.2, 0.25) is 6.32 Å². The van der Waals surface area contributed by atoms with Crippen molar-refractivity contribution in [1.82, 2.24) is 0 Å². The molecule has 0 aromatic carbocycles. The van der Waals surface area contributed by atoms with Gasteiger partial charge in [-0.1, -0.05) is 12.4 Å². The molecular weight excluding hydrogens is 98.9 g/mol. The zero-order chi connectivity index (χ0) is 5.82. The van der Waals surface area contributed by atoms with E-state index in [0.29, 0.717) is 6.00 Å². The Bertz CT molecular complexity index is 78.6. The molecule has 1 aliphatic rings. The third kappa shape index (κ3) is 2.17. The van der Waals surface area contributed by atoms with Crippen LogP contribution in [-0.4, -0.2) is 19.9 Å². The van der Waals surface area contributed by atoms with E-state index >= 15 is 0 Å². The molecule has 1 aliphatic heterocycles. The predicted octanol–water partition coefficient (Wildman–Crippen LogP) is 0.774. The maximum atomic E-state index is 5.02. The number of ether oxygens (including phenoxy) is 1. The molecule has 0 N–H and O–H groups in total. The highest BCUT2D eigenvalue weighted by molar-refractivity contribution is 6.38. The van der Waals surface area contributed by atoms with Crippen LogP contribution >= 0.6 is 0 Å². The first-order valence-corrected chi connectivity index (χ1v) is 3.16. The summed E-state index contributed by atoms with van der Waals surface area (Å²) in [5.41, 5.74) is 0. The summed E-state index contributed by atoms with van der Waals surface area (Å²) in [4.78, 5) is 0. The number of hydrogen-bond donors (Lipinski definition) is 0. The lowest BCUT2D eigenvalue weighted by Gasteiger charge is -1.85. The summed E-state index contributed by atoms with van der Waals surface area (Å²) in [7, 11) is 1.23. The van der Waals surface area contributed by atoms with Gasteiger partial charge in [-0.25, -0.2) is 0 Å². The van der Waals surface area contributed by atoms with Crippen LogP contribution in [0.3, 0.4) is 0 Å². The number of epoxide rings is 1. The molecule has 0 bridgehead atoms. The van der Waals surface area contributed by atoms with Crippen LogP contribution in [-0.2, 0) is 4.74 Å². The van der Waals surface area contributed by atoms with Crippen molar-refractivity contribution in [1.29, 1.82) is 0 Å². The molecule has 0 aromatic rings. The summed E-state index contributed by atoms with van der Waals surface area (Å²) in [6, 6.07) is 0.606. The number of hydrogen-bond acceptors (Lipinski definition) is 1. The normalized spacial score (nSPS) is 24.8. The standard InChI is InChI=1S/C6H11BO/c1-2-3-4-7-6-5-8-6/h2,6-7H,1,3-5H2. The summed E-state index contributed by atoms with van der Waals surface area (Å²) < 4.78 is 5.02. The first-order chi connectivity index (χ1) is 3.93. The van der Waals surface area contributed by atoms with Gasteiger partial charge in [0.1, 0.15) is 0 Å². The molecule has 1 heterocycles. The molecule has 44 valence electrons.